The molecule has 0 aliphatic rings. The predicted octanol–water partition coefficient (Wildman–Crippen LogP) is 1.86. The van der Waals surface area contributed by atoms with Crippen molar-refractivity contribution in [2.75, 3.05) is 5.32 Å². The van der Waals surface area contributed by atoms with Crippen LogP contribution in [0.4, 0.5) is 5.82 Å². The first-order valence-corrected chi connectivity index (χ1v) is 4.74. The summed E-state index contributed by atoms with van der Waals surface area (Å²) in [5.74, 6) is 0.993. The maximum Gasteiger partial charge on any atom is 0.157 e. The summed E-state index contributed by atoms with van der Waals surface area (Å²) in [4.78, 5) is 4.16. The molecule has 0 saturated carbocycles. The van der Waals surface area contributed by atoms with Gasteiger partial charge in [0.15, 0.2) is 5.65 Å². The molecule has 0 fully saturated rings. The monoisotopic (exact) mass is 190 g/mol. The molecular formula is C10H14N4. The van der Waals surface area contributed by atoms with Gasteiger partial charge >= 0.3 is 0 Å². The van der Waals surface area contributed by atoms with Crippen LogP contribution in [0, 0.1) is 6.92 Å². The van der Waals surface area contributed by atoms with E-state index in [1.54, 1.807) is 6.33 Å². The van der Waals surface area contributed by atoms with Gasteiger partial charge in [-0.25, -0.2) is 4.98 Å². The minimum atomic E-state index is 0.393. The molecule has 0 saturated heterocycles. The number of aromatic nitrogens is 3. The minimum absolute atomic E-state index is 0.393. The second-order valence-electron chi connectivity index (χ2n) is 3.75. The zero-order valence-corrected chi connectivity index (χ0v) is 8.65. The average Bonchev–Trinajstić information content (AvgIpc) is 2.50. The molecule has 0 atom stereocenters. The van der Waals surface area contributed by atoms with Crippen molar-refractivity contribution < 1.29 is 0 Å². The van der Waals surface area contributed by atoms with Crippen LogP contribution < -0.4 is 5.32 Å². The van der Waals surface area contributed by atoms with Crippen molar-refractivity contribution in [3.8, 4) is 0 Å². The first kappa shape index (κ1) is 8.99. The van der Waals surface area contributed by atoms with Gasteiger partial charge in [-0.05, 0) is 38.5 Å². The van der Waals surface area contributed by atoms with Gasteiger partial charge in [0.1, 0.15) is 12.1 Å². The van der Waals surface area contributed by atoms with Crippen molar-refractivity contribution >= 4 is 11.5 Å². The molecule has 4 heteroatoms. The molecule has 2 rings (SSSR count). The van der Waals surface area contributed by atoms with Crippen LogP contribution in [-0.2, 0) is 0 Å². The first-order chi connectivity index (χ1) is 6.66. The molecule has 74 valence electrons. The van der Waals surface area contributed by atoms with E-state index >= 15 is 0 Å². The topological polar surface area (TPSA) is 42.2 Å². The molecule has 0 amide bonds. The fourth-order valence-corrected chi connectivity index (χ4v) is 1.46. The Morgan fingerprint density at radius 1 is 1.36 bits per heavy atom. The van der Waals surface area contributed by atoms with E-state index < -0.39 is 0 Å². The van der Waals surface area contributed by atoms with Gasteiger partial charge in [-0.1, -0.05) is 0 Å². The van der Waals surface area contributed by atoms with Crippen molar-refractivity contribution in [1.29, 1.82) is 0 Å². The number of fused-ring (bicyclic) bond motifs is 1. The molecule has 0 aliphatic carbocycles. The third-order valence-electron chi connectivity index (χ3n) is 1.96. The standard InChI is InChI=1S/C10H14N4/c1-7(2)13-10-5-8(3)4-9-11-6-12-14(9)10/h4-7,13H,1-3H3. The molecule has 14 heavy (non-hydrogen) atoms. The third-order valence-corrected chi connectivity index (χ3v) is 1.96. The molecule has 0 radical (unpaired) electrons. The van der Waals surface area contributed by atoms with Gasteiger partial charge in [0.2, 0.25) is 0 Å². The van der Waals surface area contributed by atoms with E-state index in [1.807, 2.05) is 10.6 Å². The van der Waals surface area contributed by atoms with Crippen LogP contribution in [0.3, 0.4) is 0 Å². The summed E-state index contributed by atoms with van der Waals surface area (Å²) in [6.45, 7) is 6.26. The maximum atomic E-state index is 4.16. The Morgan fingerprint density at radius 3 is 2.86 bits per heavy atom. The van der Waals surface area contributed by atoms with Crippen LogP contribution >= 0.6 is 0 Å². The first-order valence-electron chi connectivity index (χ1n) is 4.74. The van der Waals surface area contributed by atoms with Gasteiger partial charge in [0.05, 0.1) is 0 Å². The van der Waals surface area contributed by atoms with Crippen LogP contribution in [0.15, 0.2) is 18.5 Å². The maximum absolute atomic E-state index is 4.16. The third kappa shape index (κ3) is 1.55. The highest BCUT2D eigenvalue weighted by Gasteiger charge is 2.04. The van der Waals surface area contributed by atoms with Gasteiger partial charge in [-0.3, -0.25) is 0 Å². The van der Waals surface area contributed by atoms with Gasteiger partial charge in [-0.2, -0.15) is 9.61 Å². The zero-order valence-electron chi connectivity index (χ0n) is 8.65. The van der Waals surface area contributed by atoms with Crippen LogP contribution in [0.1, 0.15) is 19.4 Å². The highest BCUT2D eigenvalue weighted by molar-refractivity contribution is 5.51. The largest absolute Gasteiger partial charge is 0.368 e. The Balaban J connectivity index is 2.55. The summed E-state index contributed by atoms with van der Waals surface area (Å²) in [5, 5.41) is 7.49. The summed E-state index contributed by atoms with van der Waals surface area (Å²) < 4.78 is 1.81. The lowest BCUT2D eigenvalue weighted by Gasteiger charge is -2.11. The van der Waals surface area contributed by atoms with Crippen molar-refractivity contribution in [1.82, 2.24) is 14.6 Å². The fraction of sp³-hybridized carbons (Fsp3) is 0.400. The van der Waals surface area contributed by atoms with E-state index in [4.69, 9.17) is 0 Å². The van der Waals surface area contributed by atoms with E-state index in [9.17, 15) is 0 Å². The normalized spacial score (nSPS) is 11.1. The molecule has 0 bridgehead atoms. The number of hydrogen-bond donors (Lipinski definition) is 1. The van der Waals surface area contributed by atoms with E-state index in [-0.39, 0.29) is 0 Å². The van der Waals surface area contributed by atoms with E-state index in [1.165, 1.54) is 5.56 Å². The Kier molecular flexibility index (Phi) is 2.11. The molecule has 2 heterocycles. The summed E-state index contributed by atoms with van der Waals surface area (Å²) in [5.41, 5.74) is 2.07. The predicted molar refractivity (Wildman–Crippen MR) is 56.5 cm³/mol. The Hall–Kier alpha value is -1.58. The Morgan fingerprint density at radius 2 is 2.14 bits per heavy atom. The van der Waals surface area contributed by atoms with Crippen LogP contribution in [-0.4, -0.2) is 20.6 Å². The Bertz CT molecular complexity index is 444. The van der Waals surface area contributed by atoms with Crippen LogP contribution in [0.2, 0.25) is 0 Å². The minimum Gasteiger partial charge on any atom is -0.368 e. The van der Waals surface area contributed by atoms with Gasteiger partial charge in [-0.15, -0.1) is 0 Å². The smallest absolute Gasteiger partial charge is 0.157 e. The number of pyridine rings is 1. The fourth-order valence-electron chi connectivity index (χ4n) is 1.46. The molecule has 4 nitrogen and oxygen atoms in total. The number of nitrogens with one attached hydrogen (secondary N) is 1. The lowest BCUT2D eigenvalue weighted by atomic mass is 10.3. The van der Waals surface area contributed by atoms with Gasteiger partial charge in [0.25, 0.3) is 0 Å². The van der Waals surface area contributed by atoms with E-state index in [2.05, 4.69) is 42.2 Å². The number of anilines is 1. The van der Waals surface area contributed by atoms with Crippen LogP contribution in [0.5, 0.6) is 0 Å². The van der Waals surface area contributed by atoms with E-state index in [0.29, 0.717) is 6.04 Å². The Labute approximate surface area is 83.0 Å². The highest BCUT2D eigenvalue weighted by Crippen LogP contribution is 2.13. The second kappa shape index (κ2) is 3.29. The lowest BCUT2D eigenvalue weighted by Crippen LogP contribution is -2.13. The number of hydrogen-bond acceptors (Lipinski definition) is 3. The second-order valence-corrected chi connectivity index (χ2v) is 3.75. The van der Waals surface area contributed by atoms with Crippen LogP contribution in [0.25, 0.3) is 5.65 Å². The van der Waals surface area contributed by atoms with Crippen molar-refractivity contribution in [2.24, 2.45) is 0 Å². The van der Waals surface area contributed by atoms with Crippen molar-refractivity contribution in [2.45, 2.75) is 26.8 Å². The molecule has 1 N–H and O–H groups in total. The molecule has 0 unspecified atom stereocenters. The average molecular weight is 190 g/mol. The van der Waals surface area contributed by atoms with Gasteiger partial charge < -0.3 is 5.32 Å². The van der Waals surface area contributed by atoms with Gasteiger partial charge in [0, 0.05) is 6.04 Å². The molecule has 0 spiro atoms. The zero-order chi connectivity index (χ0) is 10.1. The van der Waals surface area contributed by atoms with Crippen molar-refractivity contribution in [3.05, 3.63) is 24.0 Å². The summed E-state index contributed by atoms with van der Waals surface area (Å²) in [6.07, 6.45) is 1.57. The summed E-state index contributed by atoms with van der Waals surface area (Å²) >= 11 is 0. The molecule has 2 aromatic heterocycles. The number of aryl methyl sites for hydroxylation is 1. The quantitative estimate of drug-likeness (QED) is 0.786. The molecular weight excluding hydrogens is 176 g/mol. The van der Waals surface area contributed by atoms with Crippen molar-refractivity contribution in [3.63, 3.8) is 0 Å². The molecule has 0 aliphatic heterocycles. The van der Waals surface area contributed by atoms with E-state index in [0.717, 1.165) is 11.5 Å². The summed E-state index contributed by atoms with van der Waals surface area (Å²) in [7, 11) is 0. The SMILES string of the molecule is Cc1cc(NC(C)C)n2ncnc2c1. The highest BCUT2D eigenvalue weighted by atomic mass is 15.3. The number of nitrogens with zero attached hydrogens (tertiary/aromatic N) is 3. The molecule has 0 aromatic carbocycles. The molecule has 2 aromatic rings. The number of rotatable bonds is 2. The lowest BCUT2D eigenvalue weighted by molar-refractivity contribution is 0.856. The summed E-state index contributed by atoms with van der Waals surface area (Å²) in [6, 6.07) is 4.48.